The van der Waals surface area contributed by atoms with E-state index in [4.69, 9.17) is 4.74 Å². The Morgan fingerprint density at radius 2 is 1.89 bits per heavy atom. The van der Waals surface area contributed by atoms with Crippen molar-refractivity contribution in [3.05, 3.63) is 53.9 Å². The molecule has 144 valence electrons. The van der Waals surface area contributed by atoms with Gasteiger partial charge >= 0.3 is 0 Å². The molecule has 4 atom stereocenters. The van der Waals surface area contributed by atoms with Gasteiger partial charge in [-0.05, 0) is 48.9 Å². The number of hydrogen-bond acceptors (Lipinski definition) is 5. The Hall–Kier alpha value is -2.25. The van der Waals surface area contributed by atoms with Crippen molar-refractivity contribution >= 4 is 0 Å². The maximum atomic E-state index is 13.8. The van der Waals surface area contributed by atoms with Gasteiger partial charge in [0, 0.05) is 25.7 Å². The molecule has 1 aromatic carbocycles. The molecule has 2 heterocycles. The van der Waals surface area contributed by atoms with Crippen LogP contribution < -0.4 is 4.74 Å². The Bertz CT molecular complexity index is 788. The summed E-state index contributed by atoms with van der Waals surface area (Å²) in [7, 11) is 0. The van der Waals surface area contributed by atoms with Gasteiger partial charge in [-0.3, -0.25) is 9.88 Å². The fraction of sp³-hybridized carbons (Fsp3) is 0.450. The Balaban J connectivity index is 1.29. The van der Waals surface area contributed by atoms with Gasteiger partial charge in [-0.25, -0.2) is 8.78 Å². The van der Waals surface area contributed by atoms with Crippen LogP contribution in [0.25, 0.3) is 0 Å². The van der Waals surface area contributed by atoms with E-state index in [0.717, 1.165) is 32.0 Å². The van der Waals surface area contributed by atoms with Crippen molar-refractivity contribution in [3.63, 3.8) is 0 Å². The number of benzene rings is 1. The molecule has 0 radical (unpaired) electrons. The first-order chi connectivity index (χ1) is 13.0. The maximum Gasteiger partial charge on any atom is 0.167 e. The van der Waals surface area contributed by atoms with Crippen molar-refractivity contribution in [2.75, 3.05) is 19.6 Å². The second kappa shape index (κ2) is 7.40. The van der Waals surface area contributed by atoms with E-state index in [0.29, 0.717) is 24.1 Å². The van der Waals surface area contributed by atoms with Gasteiger partial charge in [0.2, 0.25) is 0 Å². The SMILES string of the molecule is Oc1ccc([C@@H](O)CN2C[C@H]3CC(Oc4ccc(F)cc4F)C[C@H]3C2)nc1. The number of likely N-dealkylation sites (tertiary alicyclic amines) is 1. The number of rotatable bonds is 5. The third kappa shape index (κ3) is 4.04. The van der Waals surface area contributed by atoms with Crippen LogP contribution in [0.15, 0.2) is 36.5 Å². The molecule has 1 aliphatic heterocycles. The highest BCUT2D eigenvalue weighted by molar-refractivity contribution is 5.25. The summed E-state index contributed by atoms with van der Waals surface area (Å²) in [6.45, 7) is 2.19. The van der Waals surface area contributed by atoms with Crippen molar-refractivity contribution in [2.45, 2.75) is 25.0 Å². The van der Waals surface area contributed by atoms with Crippen molar-refractivity contribution in [1.82, 2.24) is 9.88 Å². The zero-order valence-electron chi connectivity index (χ0n) is 14.8. The zero-order chi connectivity index (χ0) is 19.0. The molecule has 2 aromatic rings. The van der Waals surface area contributed by atoms with Crippen molar-refractivity contribution in [2.24, 2.45) is 11.8 Å². The lowest BCUT2D eigenvalue weighted by Gasteiger charge is -2.22. The third-order valence-electron chi connectivity index (χ3n) is 5.51. The fourth-order valence-corrected chi connectivity index (χ4v) is 4.27. The summed E-state index contributed by atoms with van der Waals surface area (Å²) < 4.78 is 32.5. The number of pyridine rings is 1. The molecule has 1 unspecified atom stereocenters. The molecule has 0 bridgehead atoms. The number of fused-ring (bicyclic) bond motifs is 1. The third-order valence-corrected chi connectivity index (χ3v) is 5.51. The lowest BCUT2D eigenvalue weighted by atomic mass is 10.0. The highest BCUT2D eigenvalue weighted by atomic mass is 19.1. The molecule has 2 N–H and O–H groups in total. The monoisotopic (exact) mass is 376 g/mol. The second-order valence-corrected chi connectivity index (χ2v) is 7.48. The molecule has 2 fully saturated rings. The van der Waals surface area contributed by atoms with Crippen LogP contribution in [0.5, 0.6) is 11.5 Å². The lowest BCUT2D eigenvalue weighted by Crippen LogP contribution is -2.29. The van der Waals surface area contributed by atoms with Crippen molar-refractivity contribution < 1.29 is 23.7 Å². The van der Waals surface area contributed by atoms with E-state index < -0.39 is 17.7 Å². The van der Waals surface area contributed by atoms with Gasteiger partial charge in [0.1, 0.15) is 17.7 Å². The van der Waals surface area contributed by atoms with Gasteiger partial charge < -0.3 is 14.9 Å². The molecular weight excluding hydrogens is 354 g/mol. The van der Waals surface area contributed by atoms with Crippen LogP contribution >= 0.6 is 0 Å². The number of aromatic hydroxyl groups is 1. The average molecular weight is 376 g/mol. The molecule has 1 saturated carbocycles. The number of aliphatic hydroxyl groups excluding tert-OH is 1. The molecule has 0 spiro atoms. The number of aromatic nitrogens is 1. The highest BCUT2D eigenvalue weighted by Crippen LogP contribution is 2.40. The van der Waals surface area contributed by atoms with Crippen LogP contribution in [0.3, 0.4) is 0 Å². The standard InChI is InChI=1S/C20H22F2N2O3/c21-14-1-4-20(17(22)7-14)27-16-5-12-9-24(10-13(12)6-16)11-19(26)18-3-2-15(25)8-23-18/h1-4,7-8,12-13,16,19,25-26H,5-6,9-11H2/t12-,13+,16?,19-/m0/s1. The van der Waals surface area contributed by atoms with E-state index in [1.54, 1.807) is 6.07 Å². The van der Waals surface area contributed by atoms with Gasteiger partial charge in [0.05, 0.1) is 18.0 Å². The summed E-state index contributed by atoms with van der Waals surface area (Å²) >= 11 is 0. The van der Waals surface area contributed by atoms with E-state index in [1.807, 2.05) is 0 Å². The minimum Gasteiger partial charge on any atom is -0.506 e. The first kappa shape index (κ1) is 18.1. The van der Waals surface area contributed by atoms with Gasteiger partial charge in [-0.2, -0.15) is 0 Å². The molecule has 0 amide bonds. The van der Waals surface area contributed by atoms with Gasteiger partial charge in [-0.15, -0.1) is 0 Å². The minimum absolute atomic E-state index is 0.0641. The molecule has 27 heavy (non-hydrogen) atoms. The van der Waals surface area contributed by atoms with Crippen LogP contribution in [0, 0.1) is 23.5 Å². The summed E-state index contributed by atoms with van der Waals surface area (Å²) in [6, 6.07) is 6.52. The Morgan fingerprint density at radius 1 is 1.15 bits per heavy atom. The quantitative estimate of drug-likeness (QED) is 0.840. The van der Waals surface area contributed by atoms with Crippen LogP contribution in [0.2, 0.25) is 0 Å². The topological polar surface area (TPSA) is 65.8 Å². The minimum atomic E-state index is -0.704. The summed E-state index contributed by atoms with van der Waals surface area (Å²) in [5.74, 6) is -0.215. The van der Waals surface area contributed by atoms with Crippen molar-refractivity contribution in [1.29, 1.82) is 0 Å². The summed E-state index contributed by atoms with van der Waals surface area (Å²) in [5, 5.41) is 19.6. The van der Waals surface area contributed by atoms with Gasteiger partial charge in [0.25, 0.3) is 0 Å². The first-order valence-corrected chi connectivity index (χ1v) is 9.15. The molecule has 1 saturated heterocycles. The summed E-state index contributed by atoms with van der Waals surface area (Å²) in [6.07, 6.45) is 2.21. The molecule has 1 aromatic heterocycles. The van der Waals surface area contributed by atoms with E-state index in [-0.39, 0.29) is 17.6 Å². The van der Waals surface area contributed by atoms with Crippen molar-refractivity contribution in [3.8, 4) is 11.5 Å². The van der Waals surface area contributed by atoms with E-state index >= 15 is 0 Å². The van der Waals surface area contributed by atoms with E-state index in [9.17, 15) is 19.0 Å². The van der Waals surface area contributed by atoms with Gasteiger partial charge in [0.15, 0.2) is 11.6 Å². The number of aliphatic hydroxyl groups is 1. The molecule has 4 rings (SSSR count). The second-order valence-electron chi connectivity index (χ2n) is 7.48. The molecule has 1 aliphatic carbocycles. The predicted molar refractivity (Wildman–Crippen MR) is 94.3 cm³/mol. The zero-order valence-corrected chi connectivity index (χ0v) is 14.8. The number of hydrogen-bond donors (Lipinski definition) is 2. The van der Waals surface area contributed by atoms with Crippen LogP contribution in [-0.4, -0.2) is 45.8 Å². The molecular formula is C20H22F2N2O3. The summed E-state index contributed by atoms with van der Waals surface area (Å²) in [5.41, 5.74) is 0.540. The number of halogens is 2. The number of ether oxygens (including phenoxy) is 1. The van der Waals surface area contributed by atoms with Crippen LogP contribution in [0.4, 0.5) is 8.78 Å². The highest BCUT2D eigenvalue weighted by Gasteiger charge is 2.42. The predicted octanol–water partition coefficient (Wildman–Crippen LogP) is 2.89. The molecule has 7 heteroatoms. The molecule has 2 aliphatic rings. The normalized spacial score (nSPS) is 26.1. The summed E-state index contributed by atoms with van der Waals surface area (Å²) in [4.78, 5) is 6.27. The fourth-order valence-electron chi connectivity index (χ4n) is 4.27. The van der Waals surface area contributed by atoms with E-state index in [2.05, 4.69) is 9.88 Å². The smallest absolute Gasteiger partial charge is 0.167 e. The van der Waals surface area contributed by atoms with Crippen LogP contribution in [0.1, 0.15) is 24.6 Å². The average Bonchev–Trinajstić information content (AvgIpc) is 3.15. The number of nitrogens with zero attached hydrogens (tertiary/aromatic N) is 2. The van der Waals surface area contributed by atoms with Gasteiger partial charge in [-0.1, -0.05) is 0 Å². The largest absolute Gasteiger partial charge is 0.506 e. The Kier molecular flexibility index (Phi) is 4.97. The lowest BCUT2D eigenvalue weighted by molar-refractivity contribution is 0.112. The Morgan fingerprint density at radius 3 is 2.52 bits per heavy atom. The number of β-amino-alcohol motifs (C(OH)–C–C–N with tert-alkyl or cyclic N) is 1. The van der Waals surface area contributed by atoms with E-state index in [1.165, 1.54) is 24.4 Å². The first-order valence-electron chi connectivity index (χ1n) is 9.15. The maximum absolute atomic E-state index is 13.8. The molecule has 5 nitrogen and oxygen atoms in total. The Labute approximate surface area is 156 Å². The van der Waals surface area contributed by atoms with Crippen LogP contribution in [-0.2, 0) is 0 Å².